The van der Waals surface area contributed by atoms with Crippen LogP contribution in [0.3, 0.4) is 0 Å². The van der Waals surface area contributed by atoms with E-state index in [1.54, 1.807) is 18.1 Å². The predicted octanol–water partition coefficient (Wildman–Crippen LogP) is 2.12. The molecular weight excluding hydrogens is 380 g/mol. The number of anilines is 1. The second kappa shape index (κ2) is 7.87. The molecule has 0 aromatic carbocycles. The number of methoxy groups -OCH3 is 1. The monoisotopic (exact) mass is 408 g/mol. The molecule has 158 valence electrons. The number of amides is 1. The number of piperidine rings is 2. The van der Waals surface area contributed by atoms with E-state index >= 15 is 0 Å². The molecule has 2 bridgehead atoms. The van der Waals surface area contributed by atoms with Gasteiger partial charge < -0.3 is 19.1 Å². The Hall–Kier alpha value is -2.67. The maximum Gasteiger partial charge on any atom is 0.263 e. The molecule has 3 aliphatic heterocycles. The molecule has 0 radical (unpaired) electrons. The number of nitrogens with zero attached hydrogens (tertiary/aromatic N) is 4. The van der Waals surface area contributed by atoms with E-state index in [0.29, 0.717) is 37.0 Å². The van der Waals surface area contributed by atoms with Gasteiger partial charge in [-0.1, -0.05) is 0 Å². The fourth-order valence-corrected chi connectivity index (χ4v) is 5.34. The standard InChI is InChI=1S/C23H28N4O3/c1-30-19-6-10-25(11-7-19)22(28)20-2-3-21-17-12-16(14-27(21)23(20)29)13-26(15-17)18-4-8-24-9-5-18/h2-5,8-9,16-17,19H,6-7,10-15H2,1H3/t16-,17+/m0/s1. The number of rotatable bonds is 3. The molecule has 5 rings (SSSR count). The predicted molar refractivity (Wildman–Crippen MR) is 114 cm³/mol. The number of aromatic nitrogens is 2. The molecule has 1 amide bonds. The van der Waals surface area contributed by atoms with E-state index in [-0.39, 0.29) is 17.6 Å². The van der Waals surface area contributed by atoms with Crippen LogP contribution in [0, 0.1) is 5.92 Å². The maximum absolute atomic E-state index is 13.3. The Balaban J connectivity index is 1.38. The molecule has 0 aliphatic carbocycles. The van der Waals surface area contributed by atoms with Gasteiger partial charge in [-0.25, -0.2) is 0 Å². The first-order chi connectivity index (χ1) is 14.6. The van der Waals surface area contributed by atoms with Crippen LogP contribution in [0.15, 0.2) is 41.5 Å². The third-order valence-corrected chi connectivity index (χ3v) is 6.93. The number of hydrogen-bond acceptors (Lipinski definition) is 5. The quantitative estimate of drug-likeness (QED) is 0.778. The largest absolute Gasteiger partial charge is 0.381 e. The SMILES string of the molecule is COC1CCN(C(=O)c2ccc3n(c2=O)C[C@H]2C[C@@H]3CN(c3ccncc3)C2)CC1. The average molecular weight is 409 g/mol. The first-order valence-corrected chi connectivity index (χ1v) is 10.8. The minimum absolute atomic E-state index is 0.126. The van der Waals surface area contributed by atoms with Crippen molar-refractivity contribution in [2.45, 2.75) is 37.8 Å². The van der Waals surface area contributed by atoms with Crippen molar-refractivity contribution in [3.63, 3.8) is 0 Å². The fourth-order valence-electron chi connectivity index (χ4n) is 5.34. The van der Waals surface area contributed by atoms with Gasteiger partial charge in [0.15, 0.2) is 0 Å². The Morgan fingerprint density at radius 3 is 2.57 bits per heavy atom. The summed E-state index contributed by atoms with van der Waals surface area (Å²) >= 11 is 0. The number of hydrogen-bond donors (Lipinski definition) is 0. The molecule has 7 heteroatoms. The topological polar surface area (TPSA) is 67.7 Å². The number of carbonyl (C=O) groups excluding carboxylic acids is 1. The van der Waals surface area contributed by atoms with Crippen molar-refractivity contribution in [3.05, 3.63) is 58.3 Å². The van der Waals surface area contributed by atoms with Crippen LogP contribution in [0.25, 0.3) is 0 Å². The van der Waals surface area contributed by atoms with Crippen LogP contribution in [0.2, 0.25) is 0 Å². The van der Waals surface area contributed by atoms with E-state index in [2.05, 4.69) is 9.88 Å². The van der Waals surface area contributed by atoms with Gasteiger partial charge in [0.25, 0.3) is 11.5 Å². The molecule has 0 saturated carbocycles. The number of likely N-dealkylation sites (tertiary alicyclic amines) is 1. The summed E-state index contributed by atoms with van der Waals surface area (Å²) in [6.07, 6.45) is 6.60. The van der Waals surface area contributed by atoms with Crippen LogP contribution < -0.4 is 10.5 Å². The van der Waals surface area contributed by atoms with Gasteiger partial charge in [-0.2, -0.15) is 0 Å². The van der Waals surface area contributed by atoms with Gasteiger partial charge in [-0.05, 0) is 49.4 Å². The van der Waals surface area contributed by atoms with E-state index in [0.717, 1.165) is 38.0 Å². The van der Waals surface area contributed by atoms with Gasteiger partial charge in [-0.3, -0.25) is 14.6 Å². The molecule has 0 spiro atoms. The molecule has 2 fully saturated rings. The lowest BCUT2D eigenvalue weighted by atomic mass is 9.82. The highest BCUT2D eigenvalue weighted by atomic mass is 16.5. The van der Waals surface area contributed by atoms with Crippen molar-refractivity contribution in [1.82, 2.24) is 14.5 Å². The Kier molecular flexibility index (Phi) is 5.06. The molecular formula is C23H28N4O3. The average Bonchev–Trinajstić information content (AvgIpc) is 2.80. The normalized spacial score (nSPS) is 23.9. The fraction of sp³-hybridized carbons (Fsp3) is 0.522. The Morgan fingerprint density at radius 2 is 1.83 bits per heavy atom. The molecule has 2 aromatic heterocycles. The van der Waals surface area contributed by atoms with E-state index < -0.39 is 0 Å². The van der Waals surface area contributed by atoms with Crippen LogP contribution in [0.1, 0.15) is 41.2 Å². The Morgan fingerprint density at radius 1 is 1.07 bits per heavy atom. The molecule has 30 heavy (non-hydrogen) atoms. The summed E-state index contributed by atoms with van der Waals surface area (Å²) in [5, 5.41) is 0. The smallest absolute Gasteiger partial charge is 0.263 e. The molecule has 5 heterocycles. The highest BCUT2D eigenvalue weighted by molar-refractivity contribution is 5.94. The van der Waals surface area contributed by atoms with E-state index in [1.807, 2.05) is 35.2 Å². The Labute approximate surface area is 176 Å². The number of carbonyl (C=O) groups is 1. The number of ether oxygens (including phenoxy) is 1. The second-order valence-electron chi connectivity index (χ2n) is 8.72. The Bertz CT molecular complexity index is 982. The molecule has 0 N–H and O–H groups in total. The van der Waals surface area contributed by atoms with Gasteiger partial charge >= 0.3 is 0 Å². The summed E-state index contributed by atoms with van der Waals surface area (Å²) < 4.78 is 7.27. The highest BCUT2D eigenvalue weighted by Gasteiger charge is 2.36. The molecule has 0 unspecified atom stereocenters. The highest BCUT2D eigenvalue weighted by Crippen LogP contribution is 2.37. The van der Waals surface area contributed by atoms with Crippen LogP contribution in [0.5, 0.6) is 0 Å². The van der Waals surface area contributed by atoms with E-state index in [1.165, 1.54) is 5.69 Å². The molecule has 2 atom stereocenters. The lowest BCUT2D eigenvalue weighted by Gasteiger charge is -2.44. The first kappa shape index (κ1) is 19.3. The van der Waals surface area contributed by atoms with Crippen LogP contribution in [-0.2, 0) is 11.3 Å². The van der Waals surface area contributed by atoms with Crippen LogP contribution in [-0.4, -0.2) is 59.8 Å². The molecule has 3 aliphatic rings. The number of fused-ring (bicyclic) bond motifs is 4. The van der Waals surface area contributed by atoms with Crippen molar-refractivity contribution < 1.29 is 9.53 Å². The molecule has 2 aromatic rings. The molecule has 7 nitrogen and oxygen atoms in total. The summed E-state index contributed by atoms with van der Waals surface area (Å²) in [6, 6.07) is 7.85. The van der Waals surface area contributed by atoms with E-state index in [4.69, 9.17) is 4.74 Å². The third-order valence-electron chi connectivity index (χ3n) is 6.93. The third kappa shape index (κ3) is 3.41. The van der Waals surface area contributed by atoms with Crippen molar-refractivity contribution in [2.24, 2.45) is 5.92 Å². The summed E-state index contributed by atoms with van der Waals surface area (Å²) in [7, 11) is 1.71. The second-order valence-corrected chi connectivity index (χ2v) is 8.72. The minimum Gasteiger partial charge on any atom is -0.381 e. The minimum atomic E-state index is -0.140. The van der Waals surface area contributed by atoms with Gasteiger partial charge in [-0.15, -0.1) is 0 Å². The maximum atomic E-state index is 13.3. The lowest BCUT2D eigenvalue weighted by molar-refractivity contribution is 0.0349. The summed E-state index contributed by atoms with van der Waals surface area (Å²) in [6.45, 7) is 3.78. The molecule has 2 saturated heterocycles. The lowest BCUT2D eigenvalue weighted by Crippen LogP contribution is -2.49. The first-order valence-electron chi connectivity index (χ1n) is 10.8. The zero-order valence-corrected chi connectivity index (χ0v) is 17.4. The van der Waals surface area contributed by atoms with Crippen LogP contribution >= 0.6 is 0 Å². The van der Waals surface area contributed by atoms with Crippen LogP contribution in [0.4, 0.5) is 5.69 Å². The summed E-state index contributed by atoms with van der Waals surface area (Å²) in [5.41, 5.74) is 2.42. The zero-order chi connectivity index (χ0) is 20.7. The van der Waals surface area contributed by atoms with Crippen molar-refractivity contribution >= 4 is 11.6 Å². The van der Waals surface area contributed by atoms with E-state index in [9.17, 15) is 9.59 Å². The zero-order valence-electron chi connectivity index (χ0n) is 17.4. The number of pyridine rings is 2. The van der Waals surface area contributed by atoms with Crippen molar-refractivity contribution in [1.29, 1.82) is 0 Å². The van der Waals surface area contributed by atoms with Crippen molar-refractivity contribution in [3.8, 4) is 0 Å². The van der Waals surface area contributed by atoms with Gasteiger partial charge in [0, 0.05) is 69.5 Å². The summed E-state index contributed by atoms with van der Waals surface area (Å²) in [4.78, 5) is 34.6. The van der Waals surface area contributed by atoms with Gasteiger partial charge in [0.2, 0.25) is 0 Å². The van der Waals surface area contributed by atoms with Gasteiger partial charge in [0.1, 0.15) is 5.56 Å². The summed E-state index contributed by atoms with van der Waals surface area (Å²) in [5.74, 6) is 0.573. The van der Waals surface area contributed by atoms with Crippen molar-refractivity contribution in [2.75, 3.05) is 38.2 Å². The van der Waals surface area contributed by atoms with Gasteiger partial charge in [0.05, 0.1) is 6.10 Å².